The highest BCUT2D eigenvalue weighted by molar-refractivity contribution is 9.10. The van der Waals surface area contributed by atoms with Crippen LogP contribution in [0.4, 0.5) is 4.39 Å². The predicted molar refractivity (Wildman–Crippen MR) is 74.0 cm³/mol. The number of likely N-dealkylation sites (tertiary alicyclic amines) is 1. The highest BCUT2D eigenvalue weighted by Gasteiger charge is 2.41. The lowest BCUT2D eigenvalue weighted by atomic mass is 9.94. The molecule has 2 saturated heterocycles. The quantitative estimate of drug-likeness (QED) is 0.904. The van der Waals surface area contributed by atoms with E-state index in [0.717, 1.165) is 36.0 Å². The number of rotatable bonds is 2. The minimum absolute atomic E-state index is 0.132. The average molecular weight is 327 g/mol. The van der Waals surface area contributed by atoms with Gasteiger partial charge in [-0.1, -0.05) is 22.0 Å². The van der Waals surface area contributed by atoms with Gasteiger partial charge in [0.25, 0.3) is 0 Å². The molecule has 19 heavy (non-hydrogen) atoms. The van der Waals surface area contributed by atoms with E-state index in [9.17, 15) is 9.18 Å². The summed E-state index contributed by atoms with van der Waals surface area (Å²) in [5.74, 6) is 0.0973. The van der Waals surface area contributed by atoms with Crippen LogP contribution in [0.3, 0.4) is 0 Å². The summed E-state index contributed by atoms with van der Waals surface area (Å²) in [5, 5.41) is 3.42. The first-order chi connectivity index (χ1) is 9.15. The SMILES string of the molecule is O=C1C2CCCNC2CN1Cc1ccc(F)cc1Br. The van der Waals surface area contributed by atoms with Crippen molar-refractivity contribution in [2.24, 2.45) is 5.92 Å². The normalized spacial score (nSPS) is 26.6. The van der Waals surface area contributed by atoms with E-state index in [-0.39, 0.29) is 17.6 Å². The lowest BCUT2D eigenvalue weighted by Gasteiger charge is -2.23. The monoisotopic (exact) mass is 326 g/mol. The lowest BCUT2D eigenvalue weighted by molar-refractivity contribution is -0.131. The Labute approximate surface area is 120 Å². The van der Waals surface area contributed by atoms with E-state index in [2.05, 4.69) is 21.2 Å². The number of amides is 1. The number of carbonyl (C=O) groups excluding carboxylic acids is 1. The van der Waals surface area contributed by atoms with E-state index < -0.39 is 0 Å². The van der Waals surface area contributed by atoms with E-state index in [0.29, 0.717) is 12.6 Å². The van der Waals surface area contributed by atoms with Gasteiger partial charge in [0, 0.05) is 23.6 Å². The Kier molecular flexibility index (Phi) is 3.58. The van der Waals surface area contributed by atoms with Crippen molar-refractivity contribution in [3.05, 3.63) is 34.1 Å². The van der Waals surface area contributed by atoms with Gasteiger partial charge >= 0.3 is 0 Å². The molecule has 1 amide bonds. The van der Waals surface area contributed by atoms with E-state index in [1.807, 2.05) is 4.90 Å². The molecule has 0 spiro atoms. The number of nitrogens with one attached hydrogen (secondary N) is 1. The first-order valence-electron chi connectivity index (χ1n) is 6.61. The first kappa shape index (κ1) is 13.1. The fourth-order valence-corrected chi connectivity index (χ4v) is 3.48. The number of fused-ring (bicyclic) bond motifs is 1. The Balaban J connectivity index is 1.75. The van der Waals surface area contributed by atoms with Crippen LogP contribution in [0.5, 0.6) is 0 Å². The molecular weight excluding hydrogens is 311 g/mol. The van der Waals surface area contributed by atoms with E-state index in [4.69, 9.17) is 0 Å². The summed E-state index contributed by atoms with van der Waals surface area (Å²) < 4.78 is 13.8. The molecule has 0 saturated carbocycles. The Morgan fingerprint density at radius 1 is 1.47 bits per heavy atom. The van der Waals surface area contributed by atoms with Gasteiger partial charge in [-0.2, -0.15) is 0 Å². The molecule has 1 aromatic carbocycles. The second kappa shape index (κ2) is 5.21. The maximum absolute atomic E-state index is 13.1. The topological polar surface area (TPSA) is 32.3 Å². The smallest absolute Gasteiger partial charge is 0.227 e. The Morgan fingerprint density at radius 3 is 3.05 bits per heavy atom. The molecule has 0 bridgehead atoms. The number of piperidine rings is 1. The van der Waals surface area contributed by atoms with Crippen molar-refractivity contribution in [1.29, 1.82) is 0 Å². The number of nitrogens with zero attached hydrogens (tertiary/aromatic N) is 1. The van der Waals surface area contributed by atoms with Crippen molar-refractivity contribution >= 4 is 21.8 Å². The molecule has 102 valence electrons. The van der Waals surface area contributed by atoms with Gasteiger partial charge in [0.1, 0.15) is 5.82 Å². The van der Waals surface area contributed by atoms with Gasteiger partial charge in [-0.15, -0.1) is 0 Å². The van der Waals surface area contributed by atoms with Crippen molar-refractivity contribution in [3.63, 3.8) is 0 Å². The molecule has 1 N–H and O–H groups in total. The largest absolute Gasteiger partial charge is 0.336 e. The first-order valence-corrected chi connectivity index (χ1v) is 7.40. The summed E-state index contributed by atoms with van der Waals surface area (Å²) in [7, 11) is 0. The highest BCUT2D eigenvalue weighted by atomic mass is 79.9. The van der Waals surface area contributed by atoms with Crippen molar-refractivity contribution in [2.45, 2.75) is 25.4 Å². The zero-order valence-electron chi connectivity index (χ0n) is 10.5. The minimum atomic E-state index is -0.265. The maximum atomic E-state index is 13.1. The lowest BCUT2D eigenvalue weighted by Crippen LogP contribution is -2.41. The van der Waals surface area contributed by atoms with E-state index >= 15 is 0 Å². The van der Waals surface area contributed by atoms with Crippen LogP contribution in [-0.2, 0) is 11.3 Å². The number of hydrogen-bond donors (Lipinski definition) is 1. The van der Waals surface area contributed by atoms with Crippen molar-refractivity contribution in [3.8, 4) is 0 Å². The predicted octanol–water partition coefficient (Wildman–Crippen LogP) is 2.30. The standard InChI is InChI=1S/C14H16BrFN2O/c15-12-6-10(16)4-3-9(12)7-18-8-13-11(14(18)19)2-1-5-17-13/h3-4,6,11,13,17H,1-2,5,7-8H2. The van der Waals surface area contributed by atoms with Crippen molar-refractivity contribution < 1.29 is 9.18 Å². The second-order valence-electron chi connectivity index (χ2n) is 5.26. The van der Waals surface area contributed by atoms with Crippen LogP contribution in [0, 0.1) is 11.7 Å². The van der Waals surface area contributed by atoms with Crippen LogP contribution in [0.25, 0.3) is 0 Å². The third kappa shape index (κ3) is 2.54. The van der Waals surface area contributed by atoms with Crippen molar-refractivity contribution in [1.82, 2.24) is 10.2 Å². The second-order valence-corrected chi connectivity index (χ2v) is 6.12. The van der Waals surface area contributed by atoms with E-state index in [1.165, 1.54) is 12.1 Å². The molecule has 2 aliphatic rings. The molecule has 2 unspecified atom stereocenters. The van der Waals surface area contributed by atoms with Crippen LogP contribution in [-0.4, -0.2) is 29.9 Å². The molecule has 1 aromatic rings. The van der Waals surface area contributed by atoms with Gasteiger partial charge in [-0.05, 0) is 37.1 Å². The van der Waals surface area contributed by atoms with Gasteiger partial charge in [-0.25, -0.2) is 4.39 Å². The van der Waals surface area contributed by atoms with Crippen LogP contribution in [0.15, 0.2) is 22.7 Å². The summed E-state index contributed by atoms with van der Waals surface area (Å²) >= 11 is 3.36. The van der Waals surface area contributed by atoms with Gasteiger partial charge in [0.05, 0.1) is 5.92 Å². The summed E-state index contributed by atoms with van der Waals surface area (Å²) in [4.78, 5) is 14.2. The number of carbonyl (C=O) groups is 1. The zero-order valence-corrected chi connectivity index (χ0v) is 12.1. The minimum Gasteiger partial charge on any atom is -0.336 e. The van der Waals surface area contributed by atoms with Crippen molar-refractivity contribution in [2.75, 3.05) is 13.1 Å². The summed E-state index contributed by atoms with van der Waals surface area (Å²) in [6.07, 6.45) is 2.05. The van der Waals surface area contributed by atoms with Gasteiger partial charge in [-0.3, -0.25) is 4.79 Å². The highest BCUT2D eigenvalue weighted by Crippen LogP contribution is 2.29. The molecular formula is C14H16BrFN2O. The average Bonchev–Trinajstić information content (AvgIpc) is 2.70. The van der Waals surface area contributed by atoms with Gasteiger partial charge in [0.2, 0.25) is 5.91 Å². The van der Waals surface area contributed by atoms with Gasteiger partial charge < -0.3 is 10.2 Å². The molecule has 0 aliphatic carbocycles. The van der Waals surface area contributed by atoms with Crippen LogP contribution >= 0.6 is 15.9 Å². The number of halogens is 2. The van der Waals surface area contributed by atoms with Gasteiger partial charge in [0.15, 0.2) is 0 Å². The molecule has 2 fully saturated rings. The molecule has 2 heterocycles. The third-order valence-corrected chi connectivity index (χ3v) is 4.74. The molecule has 2 atom stereocenters. The van der Waals surface area contributed by atoms with Crippen LogP contribution < -0.4 is 5.32 Å². The number of hydrogen-bond acceptors (Lipinski definition) is 2. The van der Waals surface area contributed by atoms with Crippen LogP contribution in [0.2, 0.25) is 0 Å². The third-order valence-electron chi connectivity index (χ3n) is 4.01. The molecule has 3 rings (SSSR count). The Morgan fingerprint density at radius 2 is 2.32 bits per heavy atom. The molecule has 0 radical (unpaired) electrons. The molecule has 3 nitrogen and oxygen atoms in total. The molecule has 5 heteroatoms. The van der Waals surface area contributed by atoms with E-state index in [1.54, 1.807) is 6.07 Å². The molecule has 2 aliphatic heterocycles. The fourth-order valence-electron chi connectivity index (χ4n) is 3.00. The Bertz CT molecular complexity index is 508. The molecule has 0 aromatic heterocycles. The van der Waals surface area contributed by atoms with Crippen LogP contribution in [0.1, 0.15) is 18.4 Å². The number of benzene rings is 1. The summed E-state index contributed by atoms with van der Waals surface area (Å²) in [6, 6.07) is 4.91. The maximum Gasteiger partial charge on any atom is 0.227 e. The summed E-state index contributed by atoms with van der Waals surface area (Å²) in [5.41, 5.74) is 0.952. The Hall–Kier alpha value is -0.940. The fraction of sp³-hybridized carbons (Fsp3) is 0.500. The zero-order chi connectivity index (χ0) is 13.4. The summed E-state index contributed by atoms with van der Waals surface area (Å²) in [6.45, 7) is 2.31.